The van der Waals surface area contributed by atoms with E-state index in [0.717, 1.165) is 21.9 Å². The van der Waals surface area contributed by atoms with E-state index < -0.39 is 11.7 Å². The van der Waals surface area contributed by atoms with Gasteiger partial charge < -0.3 is 14.7 Å². The van der Waals surface area contributed by atoms with Crippen molar-refractivity contribution in [3.8, 4) is 0 Å². The van der Waals surface area contributed by atoms with E-state index in [0.29, 0.717) is 0 Å². The molecule has 0 atom stereocenters. The molecule has 4 heteroatoms. The lowest BCUT2D eigenvalue weighted by Gasteiger charge is -2.46. The maximum absolute atomic E-state index is 12.2. The highest BCUT2D eigenvalue weighted by Crippen LogP contribution is 2.36. The number of hydrogen-bond donors (Lipinski definition) is 1. The molecule has 0 spiro atoms. The molecule has 126 valence electrons. The number of benzene rings is 3. The number of β-amino-alcohol motifs (C(OH)–C–C–N with tert-alkyl or cyclic N) is 1. The fourth-order valence-electron chi connectivity index (χ4n) is 3.33. The van der Waals surface area contributed by atoms with Gasteiger partial charge in [-0.25, -0.2) is 4.79 Å². The van der Waals surface area contributed by atoms with Gasteiger partial charge in [0.1, 0.15) is 12.2 Å². The first-order chi connectivity index (χ1) is 12.2. The van der Waals surface area contributed by atoms with E-state index >= 15 is 0 Å². The third-order valence-corrected chi connectivity index (χ3v) is 4.66. The van der Waals surface area contributed by atoms with Crippen molar-refractivity contribution in [2.45, 2.75) is 12.2 Å². The molecule has 0 aliphatic carbocycles. The van der Waals surface area contributed by atoms with Gasteiger partial charge in [-0.15, -0.1) is 0 Å². The van der Waals surface area contributed by atoms with Gasteiger partial charge in [0, 0.05) is 0 Å². The summed E-state index contributed by atoms with van der Waals surface area (Å²) in [6.45, 7) is 0.728. The summed E-state index contributed by atoms with van der Waals surface area (Å²) < 4.78 is 5.32. The van der Waals surface area contributed by atoms with Crippen LogP contribution >= 0.6 is 0 Å². The molecular formula is C21H19NO3. The van der Waals surface area contributed by atoms with Crippen molar-refractivity contribution in [1.82, 2.24) is 4.90 Å². The summed E-state index contributed by atoms with van der Waals surface area (Å²) in [7, 11) is 0. The second-order valence-corrected chi connectivity index (χ2v) is 6.45. The van der Waals surface area contributed by atoms with E-state index in [1.807, 2.05) is 72.8 Å². The Morgan fingerprint density at radius 3 is 2.44 bits per heavy atom. The van der Waals surface area contributed by atoms with Crippen molar-refractivity contribution in [2.24, 2.45) is 0 Å². The van der Waals surface area contributed by atoms with Crippen molar-refractivity contribution in [2.75, 3.05) is 13.1 Å². The van der Waals surface area contributed by atoms with Crippen LogP contribution in [0.15, 0.2) is 72.8 Å². The van der Waals surface area contributed by atoms with Crippen molar-refractivity contribution in [1.29, 1.82) is 0 Å². The number of hydrogen-bond acceptors (Lipinski definition) is 3. The highest BCUT2D eigenvalue weighted by molar-refractivity contribution is 5.87. The van der Waals surface area contributed by atoms with E-state index in [1.165, 1.54) is 4.90 Å². The molecule has 1 amide bonds. The summed E-state index contributed by atoms with van der Waals surface area (Å²) in [5.74, 6) is 0. The highest BCUT2D eigenvalue weighted by Gasteiger charge is 2.46. The molecule has 1 fully saturated rings. The first-order valence-electron chi connectivity index (χ1n) is 8.32. The molecule has 4 nitrogen and oxygen atoms in total. The van der Waals surface area contributed by atoms with Crippen LogP contribution in [0.2, 0.25) is 0 Å². The number of amides is 1. The monoisotopic (exact) mass is 333 g/mol. The molecular weight excluding hydrogens is 314 g/mol. The summed E-state index contributed by atoms with van der Waals surface area (Å²) in [5, 5.41) is 13.0. The number of carbonyl (C=O) groups is 1. The Morgan fingerprint density at radius 1 is 0.960 bits per heavy atom. The third kappa shape index (κ3) is 2.96. The normalized spacial score (nSPS) is 15.6. The van der Waals surface area contributed by atoms with Gasteiger partial charge in [-0.1, -0.05) is 72.8 Å². The summed E-state index contributed by atoms with van der Waals surface area (Å²) in [5.41, 5.74) is 0.783. The van der Waals surface area contributed by atoms with Crippen LogP contribution < -0.4 is 0 Å². The topological polar surface area (TPSA) is 49.8 Å². The largest absolute Gasteiger partial charge is 0.445 e. The summed E-state index contributed by atoms with van der Waals surface area (Å²) in [6, 6.07) is 23.4. The number of rotatable bonds is 3. The van der Waals surface area contributed by atoms with Crippen LogP contribution in [0.5, 0.6) is 0 Å². The minimum atomic E-state index is -1.02. The lowest BCUT2D eigenvalue weighted by Crippen LogP contribution is -2.61. The van der Waals surface area contributed by atoms with Crippen LogP contribution in [-0.4, -0.2) is 29.2 Å². The first kappa shape index (κ1) is 15.7. The van der Waals surface area contributed by atoms with Crippen LogP contribution in [0, 0.1) is 0 Å². The quantitative estimate of drug-likeness (QED) is 0.795. The van der Waals surface area contributed by atoms with Gasteiger partial charge in [0.25, 0.3) is 0 Å². The highest BCUT2D eigenvalue weighted by atomic mass is 16.6. The van der Waals surface area contributed by atoms with Gasteiger partial charge >= 0.3 is 6.09 Å². The predicted molar refractivity (Wildman–Crippen MR) is 96.0 cm³/mol. The zero-order valence-corrected chi connectivity index (χ0v) is 13.8. The van der Waals surface area contributed by atoms with Gasteiger partial charge in [0.2, 0.25) is 0 Å². The zero-order chi connectivity index (χ0) is 17.3. The van der Waals surface area contributed by atoms with Gasteiger partial charge in [-0.05, 0) is 21.9 Å². The first-order valence-corrected chi connectivity index (χ1v) is 8.32. The molecule has 0 bridgehead atoms. The van der Waals surface area contributed by atoms with Gasteiger partial charge in [-0.3, -0.25) is 0 Å². The Hall–Kier alpha value is -2.85. The molecule has 0 radical (unpaired) electrons. The van der Waals surface area contributed by atoms with Crippen molar-refractivity contribution < 1.29 is 14.6 Å². The fourth-order valence-corrected chi connectivity index (χ4v) is 3.33. The number of carbonyl (C=O) groups excluding carboxylic acids is 1. The van der Waals surface area contributed by atoms with Crippen LogP contribution in [0.25, 0.3) is 10.8 Å². The number of nitrogens with zero attached hydrogens (tertiary/aromatic N) is 1. The molecule has 0 unspecified atom stereocenters. The van der Waals surface area contributed by atoms with Crippen molar-refractivity contribution in [3.63, 3.8) is 0 Å². The molecule has 1 saturated heterocycles. The molecule has 3 aromatic rings. The Bertz CT molecular complexity index is 896. The van der Waals surface area contributed by atoms with Gasteiger partial charge in [-0.2, -0.15) is 0 Å². The van der Waals surface area contributed by atoms with Gasteiger partial charge in [0.05, 0.1) is 13.1 Å². The number of fused-ring (bicyclic) bond motifs is 1. The van der Waals surface area contributed by atoms with Crippen molar-refractivity contribution in [3.05, 3.63) is 83.9 Å². The zero-order valence-electron chi connectivity index (χ0n) is 13.8. The summed E-state index contributed by atoms with van der Waals surface area (Å²) in [6.07, 6.45) is -0.395. The molecule has 1 aliphatic rings. The number of aliphatic hydroxyl groups is 1. The van der Waals surface area contributed by atoms with Crippen LogP contribution in [0.4, 0.5) is 4.79 Å². The fraction of sp³-hybridized carbons (Fsp3) is 0.190. The summed E-state index contributed by atoms with van der Waals surface area (Å²) in [4.78, 5) is 13.7. The minimum absolute atomic E-state index is 0.239. The molecule has 1 aliphatic heterocycles. The molecule has 1 heterocycles. The molecule has 4 rings (SSSR count). The average molecular weight is 333 g/mol. The van der Waals surface area contributed by atoms with Crippen LogP contribution in [0.1, 0.15) is 11.1 Å². The predicted octanol–water partition coefficient (Wildman–Crippen LogP) is 3.68. The molecule has 0 saturated carbocycles. The lowest BCUT2D eigenvalue weighted by atomic mass is 9.83. The maximum Gasteiger partial charge on any atom is 0.410 e. The number of likely N-dealkylation sites (tertiary alicyclic amines) is 1. The van der Waals surface area contributed by atoms with E-state index in [-0.39, 0.29) is 19.7 Å². The molecule has 0 aromatic heterocycles. The average Bonchev–Trinajstić information content (AvgIpc) is 2.64. The second kappa shape index (κ2) is 6.22. The molecule has 1 N–H and O–H groups in total. The Morgan fingerprint density at radius 2 is 1.64 bits per heavy atom. The standard InChI is InChI=1S/C21H19NO3/c23-20(25-13-16-7-2-1-3-8-16)22-14-21(24,15-22)19-12-6-10-17-9-4-5-11-18(17)19/h1-12,24H,13-15H2. The van der Waals surface area contributed by atoms with Crippen LogP contribution in [-0.2, 0) is 16.9 Å². The Labute approximate surface area is 146 Å². The number of ether oxygens (including phenoxy) is 1. The smallest absolute Gasteiger partial charge is 0.410 e. The molecule has 3 aromatic carbocycles. The third-order valence-electron chi connectivity index (χ3n) is 4.66. The van der Waals surface area contributed by atoms with E-state index in [1.54, 1.807) is 0 Å². The van der Waals surface area contributed by atoms with E-state index in [9.17, 15) is 9.90 Å². The minimum Gasteiger partial charge on any atom is -0.445 e. The molecule has 25 heavy (non-hydrogen) atoms. The van der Waals surface area contributed by atoms with E-state index in [2.05, 4.69) is 0 Å². The second-order valence-electron chi connectivity index (χ2n) is 6.45. The van der Waals surface area contributed by atoms with E-state index in [4.69, 9.17) is 4.74 Å². The van der Waals surface area contributed by atoms with Crippen molar-refractivity contribution >= 4 is 16.9 Å². The lowest BCUT2D eigenvalue weighted by molar-refractivity contribution is -0.0939. The Balaban J connectivity index is 1.44. The maximum atomic E-state index is 12.2. The van der Waals surface area contributed by atoms with Gasteiger partial charge in [0.15, 0.2) is 0 Å². The SMILES string of the molecule is O=C(OCc1ccccc1)N1CC(O)(c2cccc3ccccc23)C1. The Kier molecular flexibility index (Phi) is 3.90. The van der Waals surface area contributed by atoms with Crippen LogP contribution in [0.3, 0.4) is 0 Å². The summed E-state index contributed by atoms with van der Waals surface area (Å²) >= 11 is 0.